The molecule has 5 nitrogen and oxygen atoms in total. The second-order valence-corrected chi connectivity index (χ2v) is 6.69. The Bertz CT molecular complexity index is 793. The van der Waals surface area contributed by atoms with Gasteiger partial charge in [0.15, 0.2) is 27.1 Å². The number of phenols is 2. The second-order valence-electron chi connectivity index (χ2n) is 4.70. The van der Waals surface area contributed by atoms with Gasteiger partial charge in [-0.3, -0.25) is 4.79 Å². The highest BCUT2D eigenvalue weighted by Crippen LogP contribution is 2.25. The van der Waals surface area contributed by atoms with Crippen molar-refractivity contribution in [2.45, 2.75) is 11.8 Å². The molecule has 2 N–H and O–H groups in total. The lowest BCUT2D eigenvalue weighted by Crippen LogP contribution is -2.16. The van der Waals surface area contributed by atoms with Gasteiger partial charge in [-0.1, -0.05) is 12.1 Å². The maximum Gasteiger partial charge on any atom is 0.185 e. The molecule has 0 fully saturated rings. The first-order valence-corrected chi connectivity index (χ1v) is 7.79. The van der Waals surface area contributed by atoms with Crippen LogP contribution in [0.3, 0.4) is 0 Å². The minimum atomic E-state index is -3.75. The molecule has 0 radical (unpaired) electrons. The molecule has 0 aliphatic carbocycles. The van der Waals surface area contributed by atoms with Gasteiger partial charge in [-0.2, -0.15) is 0 Å². The van der Waals surface area contributed by atoms with E-state index in [9.17, 15) is 23.4 Å². The minimum absolute atomic E-state index is 0.0292. The fourth-order valence-corrected chi connectivity index (χ4v) is 3.17. The third kappa shape index (κ3) is 3.41. The van der Waals surface area contributed by atoms with Crippen LogP contribution in [0.5, 0.6) is 11.5 Å². The molecular formula is C15H14O5S. The molecule has 0 aromatic heterocycles. The normalized spacial score (nSPS) is 11.3. The third-order valence-corrected chi connectivity index (χ3v) is 4.58. The molecule has 2 rings (SSSR count). The van der Waals surface area contributed by atoms with Crippen molar-refractivity contribution in [3.05, 3.63) is 53.6 Å². The Morgan fingerprint density at radius 1 is 1.05 bits per heavy atom. The maximum atomic E-state index is 12.2. The topological polar surface area (TPSA) is 91.7 Å². The summed E-state index contributed by atoms with van der Waals surface area (Å²) < 4.78 is 24.4. The monoisotopic (exact) mass is 306 g/mol. The van der Waals surface area contributed by atoms with E-state index in [1.807, 2.05) is 0 Å². The van der Waals surface area contributed by atoms with Gasteiger partial charge in [-0.05, 0) is 42.8 Å². The van der Waals surface area contributed by atoms with Crippen molar-refractivity contribution in [3.63, 3.8) is 0 Å². The molecule has 6 heteroatoms. The summed E-state index contributed by atoms with van der Waals surface area (Å²) in [5.41, 5.74) is 0.812. The van der Waals surface area contributed by atoms with E-state index >= 15 is 0 Å². The summed E-state index contributed by atoms with van der Waals surface area (Å²) in [4.78, 5) is 12.1. The third-order valence-electron chi connectivity index (χ3n) is 2.97. The lowest BCUT2D eigenvalue weighted by Gasteiger charge is -2.06. The standard InChI is InChI=1S/C15H14O5S/c1-10-3-2-4-12(7-10)21(19,20)9-15(18)11-5-6-13(16)14(17)8-11/h2-8,16-17H,9H2,1H3. The van der Waals surface area contributed by atoms with Crippen LogP contribution in [0.1, 0.15) is 15.9 Å². The van der Waals surface area contributed by atoms with Crippen LogP contribution in [-0.2, 0) is 9.84 Å². The molecule has 0 heterocycles. The Kier molecular flexibility index (Phi) is 3.99. The number of Topliss-reactive ketones (excluding diaryl/α,β-unsaturated/α-hetero) is 1. The average molecular weight is 306 g/mol. The largest absolute Gasteiger partial charge is 0.504 e. The first kappa shape index (κ1) is 15.1. The number of aromatic hydroxyl groups is 2. The Morgan fingerprint density at radius 3 is 2.38 bits per heavy atom. The number of hydrogen-bond donors (Lipinski definition) is 2. The fourth-order valence-electron chi connectivity index (χ4n) is 1.84. The number of sulfone groups is 1. The van der Waals surface area contributed by atoms with Crippen LogP contribution in [0.25, 0.3) is 0 Å². The van der Waals surface area contributed by atoms with Gasteiger partial charge in [0.2, 0.25) is 0 Å². The van der Waals surface area contributed by atoms with E-state index in [1.54, 1.807) is 19.1 Å². The number of aryl methyl sites for hydroxylation is 1. The molecule has 0 saturated heterocycles. The molecule has 0 saturated carbocycles. The van der Waals surface area contributed by atoms with Crippen LogP contribution in [0.15, 0.2) is 47.4 Å². The Morgan fingerprint density at radius 2 is 1.76 bits per heavy atom. The predicted molar refractivity (Wildman–Crippen MR) is 77.3 cm³/mol. The number of phenolic OH excluding ortho intramolecular Hbond substituents is 2. The van der Waals surface area contributed by atoms with Gasteiger partial charge in [-0.15, -0.1) is 0 Å². The van der Waals surface area contributed by atoms with Crippen molar-refractivity contribution in [1.82, 2.24) is 0 Å². The number of benzene rings is 2. The van der Waals surface area contributed by atoms with Gasteiger partial charge in [0.1, 0.15) is 5.75 Å². The lowest BCUT2D eigenvalue weighted by atomic mass is 10.1. The predicted octanol–water partition coefficient (Wildman–Crippen LogP) is 2.06. The summed E-state index contributed by atoms with van der Waals surface area (Å²) in [6, 6.07) is 9.76. The molecular weight excluding hydrogens is 292 g/mol. The van der Waals surface area contributed by atoms with E-state index in [0.29, 0.717) is 0 Å². The summed E-state index contributed by atoms with van der Waals surface area (Å²) in [5.74, 6) is -2.17. The van der Waals surface area contributed by atoms with Gasteiger partial charge in [-0.25, -0.2) is 8.42 Å². The average Bonchev–Trinajstić information content (AvgIpc) is 2.41. The van der Waals surface area contributed by atoms with Crippen LogP contribution in [0, 0.1) is 6.92 Å². The van der Waals surface area contributed by atoms with Gasteiger partial charge in [0.05, 0.1) is 4.90 Å². The van der Waals surface area contributed by atoms with Crippen molar-refractivity contribution < 1.29 is 23.4 Å². The zero-order chi connectivity index (χ0) is 15.6. The highest BCUT2D eigenvalue weighted by Gasteiger charge is 2.21. The van der Waals surface area contributed by atoms with Gasteiger partial charge < -0.3 is 10.2 Å². The molecule has 2 aromatic carbocycles. The molecule has 0 aliphatic heterocycles. The molecule has 0 spiro atoms. The molecule has 0 bridgehead atoms. The van der Waals surface area contributed by atoms with Gasteiger partial charge in [0.25, 0.3) is 0 Å². The zero-order valence-corrected chi connectivity index (χ0v) is 12.1. The van der Waals surface area contributed by atoms with Crippen molar-refractivity contribution >= 4 is 15.6 Å². The zero-order valence-electron chi connectivity index (χ0n) is 11.3. The summed E-state index contributed by atoms with van der Waals surface area (Å²) in [5, 5.41) is 18.5. The highest BCUT2D eigenvalue weighted by molar-refractivity contribution is 7.92. The van der Waals surface area contributed by atoms with E-state index in [4.69, 9.17) is 0 Å². The molecule has 0 amide bonds. The fraction of sp³-hybridized carbons (Fsp3) is 0.133. The quantitative estimate of drug-likeness (QED) is 0.666. The van der Waals surface area contributed by atoms with E-state index in [1.165, 1.54) is 18.2 Å². The molecule has 0 atom stereocenters. The van der Waals surface area contributed by atoms with E-state index < -0.39 is 27.1 Å². The van der Waals surface area contributed by atoms with Crippen molar-refractivity contribution in [2.75, 3.05) is 5.75 Å². The molecule has 2 aromatic rings. The number of hydrogen-bond acceptors (Lipinski definition) is 5. The van der Waals surface area contributed by atoms with Crippen LogP contribution in [0.4, 0.5) is 0 Å². The van der Waals surface area contributed by atoms with Gasteiger partial charge >= 0.3 is 0 Å². The van der Waals surface area contributed by atoms with Crippen molar-refractivity contribution in [1.29, 1.82) is 0 Å². The lowest BCUT2D eigenvalue weighted by molar-refractivity contribution is 0.102. The van der Waals surface area contributed by atoms with Crippen LogP contribution >= 0.6 is 0 Å². The van der Waals surface area contributed by atoms with E-state index in [0.717, 1.165) is 17.7 Å². The minimum Gasteiger partial charge on any atom is -0.504 e. The molecule has 110 valence electrons. The second kappa shape index (κ2) is 5.57. The van der Waals surface area contributed by atoms with Crippen molar-refractivity contribution in [2.24, 2.45) is 0 Å². The Hall–Kier alpha value is -2.34. The van der Waals surface area contributed by atoms with Crippen LogP contribution in [-0.4, -0.2) is 30.2 Å². The number of ketones is 1. The summed E-state index contributed by atoms with van der Waals surface area (Å²) in [7, 11) is -3.75. The molecule has 0 unspecified atom stereocenters. The Balaban J connectivity index is 2.28. The SMILES string of the molecule is Cc1cccc(S(=O)(=O)CC(=O)c2ccc(O)c(O)c2)c1. The van der Waals surface area contributed by atoms with Crippen LogP contribution < -0.4 is 0 Å². The first-order valence-electron chi connectivity index (χ1n) is 6.14. The van der Waals surface area contributed by atoms with E-state index in [-0.39, 0.29) is 16.2 Å². The Labute approximate surface area is 122 Å². The summed E-state index contributed by atoms with van der Waals surface area (Å²) in [6.07, 6.45) is 0. The molecule has 0 aliphatic rings. The number of rotatable bonds is 4. The van der Waals surface area contributed by atoms with Gasteiger partial charge in [0, 0.05) is 5.56 Å². The summed E-state index contributed by atoms with van der Waals surface area (Å²) in [6.45, 7) is 1.76. The molecule has 21 heavy (non-hydrogen) atoms. The number of carbonyl (C=O) groups is 1. The maximum absolute atomic E-state index is 12.2. The number of carbonyl (C=O) groups excluding carboxylic acids is 1. The van der Waals surface area contributed by atoms with Crippen LogP contribution in [0.2, 0.25) is 0 Å². The van der Waals surface area contributed by atoms with Crippen molar-refractivity contribution in [3.8, 4) is 11.5 Å². The first-order chi connectivity index (χ1) is 9.79. The van der Waals surface area contributed by atoms with E-state index in [2.05, 4.69) is 0 Å². The smallest absolute Gasteiger partial charge is 0.185 e. The summed E-state index contributed by atoms with van der Waals surface area (Å²) >= 11 is 0. The highest BCUT2D eigenvalue weighted by atomic mass is 32.2.